The largest absolute Gasteiger partial charge is 0.409 e. The van der Waals surface area contributed by atoms with E-state index >= 15 is 0 Å². The summed E-state index contributed by atoms with van der Waals surface area (Å²) in [7, 11) is 0. The number of carbonyl (C=O) groups excluding carboxylic acids is 1. The van der Waals surface area contributed by atoms with Crippen molar-refractivity contribution in [2.24, 2.45) is 10.9 Å². The Bertz CT molecular complexity index is 206. The highest BCUT2D eigenvalue weighted by Crippen LogP contribution is 1.88. The summed E-state index contributed by atoms with van der Waals surface area (Å²) in [4.78, 5) is 10.5. The topological polar surface area (TPSA) is 99.7 Å². The molecule has 0 saturated carbocycles. The van der Waals surface area contributed by atoms with Crippen molar-refractivity contribution in [2.45, 2.75) is 26.3 Å². The van der Waals surface area contributed by atoms with E-state index in [0.29, 0.717) is 19.5 Å². The quantitative estimate of drug-likeness (QED) is 0.149. The first kappa shape index (κ1) is 12.7. The lowest BCUT2D eigenvalue weighted by molar-refractivity contribution is -0.118. The zero-order valence-corrected chi connectivity index (χ0v) is 8.58. The number of rotatable bonds is 6. The first-order valence-electron chi connectivity index (χ1n) is 4.50. The van der Waals surface area contributed by atoms with Crippen LogP contribution in [0.15, 0.2) is 5.16 Å². The number of hydrogen-bond acceptors (Lipinski definition) is 4. The molecular formula is C8H18N4O2. The van der Waals surface area contributed by atoms with Crippen LogP contribution in [0.25, 0.3) is 0 Å². The fraction of sp³-hybridized carbons (Fsp3) is 0.750. The molecule has 0 bridgehead atoms. The molecule has 0 fully saturated rings. The average Bonchev–Trinajstić information content (AvgIpc) is 2.12. The number of amidine groups is 1. The minimum Gasteiger partial charge on any atom is -0.409 e. The normalized spacial score (nSPS) is 13.7. The Balaban J connectivity index is 3.44. The molecule has 6 nitrogen and oxygen atoms in total. The second-order valence-corrected chi connectivity index (χ2v) is 3.13. The van der Waals surface area contributed by atoms with E-state index in [1.54, 1.807) is 0 Å². The maximum absolute atomic E-state index is 10.5. The molecule has 0 aromatic rings. The molecule has 0 heterocycles. The van der Waals surface area contributed by atoms with Crippen LogP contribution in [0.4, 0.5) is 0 Å². The molecule has 6 heteroatoms. The Kier molecular flexibility index (Phi) is 6.47. The fourth-order valence-corrected chi connectivity index (χ4v) is 0.984. The van der Waals surface area contributed by atoms with Gasteiger partial charge in [-0.05, 0) is 6.92 Å². The van der Waals surface area contributed by atoms with Gasteiger partial charge in [0, 0.05) is 32.5 Å². The number of carbonyl (C=O) groups is 1. The third kappa shape index (κ3) is 7.35. The van der Waals surface area contributed by atoms with Crippen LogP contribution in [0, 0.1) is 0 Å². The molecule has 14 heavy (non-hydrogen) atoms. The standard InChI is InChI=1S/C8H18N4O2/c1-6(5-8(9)12-14)10-3-4-11-7(2)13/h6,10,14H,3-5H2,1-2H3,(H2,9,12)(H,11,13). The van der Waals surface area contributed by atoms with Crippen LogP contribution in [0.1, 0.15) is 20.3 Å². The Morgan fingerprint density at radius 3 is 2.71 bits per heavy atom. The van der Waals surface area contributed by atoms with Crippen LogP contribution >= 0.6 is 0 Å². The lowest BCUT2D eigenvalue weighted by Crippen LogP contribution is -2.37. The predicted octanol–water partition coefficient (Wildman–Crippen LogP) is -0.763. The van der Waals surface area contributed by atoms with Gasteiger partial charge in [-0.25, -0.2) is 0 Å². The summed E-state index contributed by atoms with van der Waals surface area (Å²) in [6.07, 6.45) is 0.483. The molecule has 0 rings (SSSR count). The van der Waals surface area contributed by atoms with Crippen molar-refractivity contribution in [3.63, 3.8) is 0 Å². The summed E-state index contributed by atoms with van der Waals surface area (Å²) < 4.78 is 0. The minimum absolute atomic E-state index is 0.0455. The SMILES string of the molecule is CC(=O)NCCNC(C)CC(N)=NO. The highest BCUT2D eigenvalue weighted by Gasteiger charge is 2.03. The van der Waals surface area contributed by atoms with E-state index < -0.39 is 0 Å². The minimum atomic E-state index is -0.0455. The van der Waals surface area contributed by atoms with Gasteiger partial charge in [0.2, 0.25) is 5.91 Å². The Morgan fingerprint density at radius 2 is 2.21 bits per heavy atom. The van der Waals surface area contributed by atoms with Crippen molar-refractivity contribution in [3.8, 4) is 0 Å². The highest BCUT2D eigenvalue weighted by molar-refractivity contribution is 5.80. The van der Waals surface area contributed by atoms with Crippen LogP contribution in [0.2, 0.25) is 0 Å². The molecule has 5 N–H and O–H groups in total. The molecule has 1 unspecified atom stereocenters. The van der Waals surface area contributed by atoms with Crippen molar-refractivity contribution < 1.29 is 10.0 Å². The van der Waals surface area contributed by atoms with Gasteiger partial charge in [-0.2, -0.15) is 0 Å². The van der Waals surface area contributed by atoms with Crippen molar-refractivity contribution in [3.05, 3.63) is 0 Å². The van der Waals surface area contributed by atoms with Crippen LogP contribution in [0.3, 0.4) is 0 Å². The monoisotopic (exact) mass is 202 g/mol. The third-order valence-electron chi connectivity index (χ3n) is 1.64. The summed E-state index contributed by atoms with van der Waals surface area (Å²) in [6, 6.07) is 0.125. The predicted molar refractivity (Wildman–Crippen MR) is 54.2 cm³/mol. The van der Waals surface area contributed by atoms with E-state index in [2.05, 4.69) is 15.8 Å². The zero-order valence-electron chi connectivity index (χ0n) is 8.58. The number of nitrogens with zero attached hydrogens (tertiary/aromatic N) is 1. The molecule has 0 radical (unpaired) electrons. The molecule has 82 valence electrons. The summed E-state index contributed by atoms with van der Waals surface area (Å²) in [5.41, 5.74) is 5.32. The third-order valence-corrected chi connectivity index (χ3v) is 1.64. The average molecular weight is 202 g/mol. The Labute approximate surface area is 83.5 Å². The van der Waals surface area contributed by atoms with Crippen LogP contribution in [-0.2, 0) is 4.79 Å². The molecule has 1 amide bonds. The van der Waals surface area contributed by atoms with E-state index in [0.717, 1.165) is 0 Å². The van der Waals surface area contributed by atoms with Gasteiger partial charge >= 0.3 is 0 Å². The molecule has 1 atom stereocenters. The lowest BCUT2D eigenvalue weighted by Gasteiger charge is -2.12. The summed E-state index contributed by atoms with van der Waals surface area (Å²) in [5, 5.41) is 16.9. The second kappa shape index (κ2) is 7.14. The van der Waals surface area contributed by atoms with E-state index in [9.17, 15) is 4.79 Å². The van der Waals surface area contributed by atoms with Gasteiger partial charge in [-0.3, -0.25) is 4.79 Å². The number of amides is 1. The molecule has 0 aliphatic carbocycles. The van der Waals surface area contributed by atoms with Gasteiger partial charge in [0.05, 0.1) is 0 Å². The molecule has 0 saturated heterocycles. The maximum atomic E-state index is 10.5. The van der Waals surface area contributed by atoms with Crippen LogP contribution < -0.4 is 16.4 Å². The molecule has 0 aliphatic rings. The molecule has 0 aromatic heterocycles. The fourth-order valence-electron chi connectivity index (χ4n) is 0.984. The van der Waals surface area contributed by atoms with Gasteiger partial charge in [-0.15, -0.1) is 0 Å². The first-order valence-corrected chi connectivity index (χ1v) is 4.50. The summed E-state index contributed by atoms with van der Waals surface area (Å²) in [6.45, 7) is 4.64. The maximum Gasteiger partial charge on any atom is 0.216 e. The van der Waals surface area contributed by atoms with Crippen LogP contribution in [0.5, 0.6) is 0 Å². The van der Waals surface area contributed by atoms with E-state index in [1.807, 2.05) is 6.92 Å². The Hall–Kier alpha value is -1.30. The molecule has 0 spiro atoms. The number of oxime groups is 1. The van der Waals surface area contributed by atoms with Crippen molar-refractivity contribution in [1.82, 2.24) is 10.6 Å². The molecule has 0 aliphatic heterocycles. The highest BCUT2D eigenvalue weighted by atomic mass is 16.4. The molecular weight excluding hydrogens is 184 g/mol. The van der Waals surface area contributed by atoms with Crippen LogP contribution in [-0.4, -0.2) is 36.1 Å². The van der Waals surface area contributed by atoms with Crippen molar-refractivity contribution in [2.75, 3.05) is 13.1 Å². The van der Waals surface area contributed by atoms with E-state index in [-0.39, 0.29) is 17.8 Å². The smallest absolute Gasteiger partial charge is 0.216 e. The van der Waals surface area contributed by atoms with Crippen molar-refractivity contribution in [1.29, 1.82) is 0 Å². The van der Waals surface area contributed by atoms with Gasteiger partial charge < -0.3 is 21.6 Å². The summed E-state index contributed by atoms with van der Waals surface area (Å²) in [5.74, 6) is 0.153. The van der Waals surface area contributed by atoms with Gasteiger partial charge in [-0.1, -0.05) is 5.16 Å². The summed E-state index contributed by atoms with van der Waals surface area (Å²) >= 11 is 0. The van der Waals surface area contributed by atoms with Gasteiger partial charge in [0.15, 0.2) is 0 Å². The zero-order chi connectivity index (χ0) is 11.0. The number of nitrogens with one attached hydrogen (secondary N) is 2. The Morgan fingerprint density at radius 1 is 1.57 bits per heavy atom. The van der Waals surface area contributed by atoms with Gasteiger partial charge in [0.25, 0.3) is 0 Å². The first-order chi connectivity index (χ1) is 6.56. The van der Waals surface area contributed by atoms with Crippen molar-refractivity contribution >= 4 is 11.7 Å². The van der Waals surface area contributed by atoms with Gasteiger partial charge in [0.1, 0.15) is 5.84 Å². The molecule has 0 aromatic carbocycles. The van der Waals surface area contributed by atoms with E-state index in [4.69, 9.17) is 10.9 Å². The number of nitrogens with two attached hydrogens (primary N) is 1. The second-order valence-electron chi connectivity index (χ2n) is 3.13. The lowest BCUT2D eigenvalue weighted by atomic mass is 10.2. The number of hydrogen-bond donors (Lipinski definition) is 4. The van der Waals surface area contributed by atoms with E-state index in [1.165, 1.54) is 6.92 Å².